The predicted molar refractivity (Wildman–Crippen MR) is 108 cm³/mol. The lowest BCUT2D eigenvalue weighted by Gasteiger charge is -2.34. The Morgan fingerprint density at radius 2 is 1.68 bits per heavy atom. The zero-order valence-electron chi connectivity index (χ0n) is 17.7. The smallest absolute Gasteiger partial charge is 0.484 e. The minimum Gasteiger partial charge on any atom is -0.484 e. The highest BCUT2D eigenvalue weighted by Crippen LogP contribution is 2.57. The number of nitrogens with one attached hydrogen (secondary N) is 3. The molecule has 1 aromatic rings. The number of hydrogen-bond acceptors (Lipinski definition) is 5. The molecule has 1 unspecified atom stereocenters. The van der Waals surface area contributed by atoms with Crippen LogP contribution in [0.2, 0.25) is 5.02 Å². The quantitative estimate of drug-likeness (QED) is 0.388. The minimum atomic E-state index is -4.73. The number of benzene rings is 1. The number of amides is 3. The topological polar surface area (TPSA) is 106 Å². The van der Waals surface area contributed by atoms with E-state index in [-0.39, 0.29) is 65.8 Å². The van der Waals surface area contributed by atoms with Crippen LogP contribution in [0.3, 0.4) is 0 Å². The van der Waals surface area contributed by atoms with Crippen molar-refractivity contribution in [1.82, 2.24) is 16.2 Å². The van der Waals surface area contributed by atoms with Crippen molar-refractivity contribution in [3.63, 3.8) is 0 Å². The summed E-state index contributed by atoms with van der Waals surface area (Å²) in [5.41, 5.74) is 4.60. The second-order valence-corrected chi connectivity index (χ2v) is 9.19. The summed E-state index contributed by atoms with van der Waals surface area (Å²) in [6.07, 6.45) is -4.71. The van der Waals surface area contributed by atoms with Gasteiger partial charge < -0.3 is 10.1 Å². The van der Waals surface area contributed by atoms with E-state index in [1.807, 2.05) is 0 Å². The highest BCUT2D eigenvalue weighted by molar-refractivity contribution is 6.30. The Morgan fingerprint density at radius 3 is 2.29 bits per heavy atom. The Kier molecular flexibility index (Phi) is 6.90. The second kappa shape index (κ2) is 9.57. The lowest BCUT2D eigenvalue weighted by Crippen LogP contribution is -2.50. The standard InChI is InChI=1S/C21H22ClF4N3O5/c22-15-2-1-11(7-16(15)23)33-8-17(30)27-10-5-13-14(6-10)18(13)20(32)29-28-19(31)9-3-12(4-9)34-21(24,25)26/h1-2,7,9-10,12-14,18H,3-6,8H2,(H,27,30)(H,28,31)(H,29,32)/t9-,10?,12+,13-,14+,18+. The van der Waals surface area contributed by atoms with E-state index in [0.29, 0.717) is 12.8 Å². The van der Waals surface area contributed by atoms with Crippen LogP contribution in [-0.2, 0) is 19.1 Å². The van der Waals surface area contributed by atoms with Gasteiger partial charge in [0.25, 0.3) is 5.91 Å². The van der Waals surface area contributed by atoms with Crippen molar-refractivity contribution in [3.05, 3.63) is 29.0 Å². The van der Waals surface area contributed by atoms with Gasteiger partial charge in [-0.25, -0.2) is 4.39 Å². The van der Waals surface area contributed by atoms with E-state index in [4.69, 9.17) is 16.3 Å². The van der Waals surface area contributed by atoms with Crippen LogP contribution in [-0.4, -0.2) is 42.8 Å². The zero-order valence-corrected chi connectivity index (χ0v) is 18.4. The summed E-state index contributed by atoms with van der Waals surface area (Å²) in [5.74, 6) is -2.54. The second-order valence-electron chi connectivity index (χ2n) is 8.79. The van der Waals surface area contributed by atoms with Crippen molar-refractivity contribution < 1.29 is 41.4 Å². The summed E-state index contributed by atoms with van der Waals surface area (Å²) in [6.45, 7) is -0.293. The molecule has 8 nitrogen and oxygen atoms in total. The molecule has 0 aromatic heterocycles. The maximum Gasteiger partial charge on any atom is 0.522 e. The van der Waals surface area contributed by atoms with E-state index in [1.165, 1.54) is 12.1 Å². The summed E-state index contributed by atoms with van der Waals surface area (Å²) in [7, 11) is 0. The molecule has 1 aromatic carbocycles. The van der Waals surface area contributed by atoms with Gasteiger partial charge in [0.05, 0.1) is 11.1 Å². The molecule has 4 atom stereocenters. The first-order valence-corrected chi connectivity index (χ1v) is 11.1. The summed E-state index contributed by atoms with van der Waals surface area (Å²) in [5, 5.41) is 2.77. The van der Waals surface area contributed by atoms with Gasteiger partial charge >= 0.3 is 6.36 Å². The number of hydrazine groups is 1. The van der Waals surface area contributed by atoms with E-state index in [1.54, 1.807) is 0 Å². The average molecular weight is 508 g/mol. The van der Waals surface area contributed by atoms with Gasteiger partial charge in [0.1, 0.15) is 11.6 Å². The molecule has 3 saturated carbocycles. The fourth-order valence-corrected chi connectivity index (χ4v) is 4.82. The van der Waals surface area contributed by atoms with E-state index < -0.39 is 30.1 Å². The van der Waals surface area contributed by atoms with Crippen LogP contribution in [0.1, 0.15) is 25.7 Å². The van der Waals surface area contributed by atoms with E-state index in [0.717, 1.165) is 6.07 Å². The molecule has 3 N–H and O–H groups in total. The lowest BCUT2D eigenvalue weighted by atomic mass is 9.82. The van der Waals surface area contributed by atoms with Gasteiger partial charge in [0, 0.05) is 23.9 Å². The van der Waals surface area contributed by atoms with Crippen LogP contribution in [0.25, 0.3) is 0 Å². The molecule has 3 fully saturated rings. The third-order valence-corrected chi connectivity index (χ3v) is 6.76. The Morgan fingerprint density at radius 1 is 1.03 bits per heavy atom. The third-order valence-electron chi connectivity index (χ3n) is 6.45. The summed E-state index contributed by atoms with van der Waals surface area (Å²) in [6, 6.07) is 3.74. The first kappa shape index (κ1) is 24.5. The molecule has 0 radical (unpaired) electrons. The molecule has 3 amide bonds. The number of ether oxygens (including phenoxy) is 2. The normalized spacial score (nSPS) is 29.4. The molecule has 3 aliphatic rings. The van der Waals surface area contributed by atoms with Gasteiger partial charge in [0.2, 0.25) is 11.8 Å². The largest absolute Gasteiger partial charge is 0.522 e. The van der Waals surface area contributed by atoms with E-state index >= 15 is 0 Å². The van der Waals surface area contributed by atoms with Gasteiger partial charge in [0.15, 0.2) is 6.61 Å². The Hall–Kier alpha value is -2.60. The van der Waals surface area contributed by atoms with Crippen LogP contribution < -0.4 is 20.9 Å². The maximum atomic E-state index is 13.4. The number of alkyl halides is 3. The molecule has 0 bridgehead atoms. The highest BCUT2D eigenvalue weighted by Gasteiger charge is 2.59. The zero-order chi connectivity index (χ0) is 24.6. The van der Waals surface area contributed by atoms with Crippen molar-refractivity contribution in [2.75, 3.05) is 6.61 Å². The van der Waals surface area contributed by atoms with Crippen molar-refractivity contribution in [3.8, 4) is 5.75 Å². The van der Waals surface area contributed by atoms with Gasteiger partial charge in [-0.1, -0.05) is 11.6 Å². The molecule has 4 rings (SSSR count). The Balaban J connectivity index is 1.10. The molecular weight excluding hydrogens is 486 g/mol. The SMILES string of the molecule is O=C(COc1ccc(Cl)c(F)c1)NC1C[C@@H]2[C@H](C1)[C@H]2C(=O)NNC(=O)[C@H]1C[C@@H](OC(F)(F)F)C1. The van der Waals surface area contributed by atoms with Crippen LogP contribution in [0.5, 0.6) is 5.75 Å². The number of hydrogen-bond donors (Lipinski definition) is 3. The highest BCUT2D eigenvalue weighted by atomic mass is 35.5. The van der Waals surface area contributed by atoms with Crippen LogP contribution >= 0.6 is 11.6 Å². The van der Waals surface area contributed by atoms with Crippen LogP contribution in [0.15, 0.2) is 18.2 Å². The Labute approximate surface area is 196 Å². The maximum absolute atomic E-state index is 13.4. The average Bonchev–Trinajstić information content (AvgIpc) is 3.24. The van der Waals surface area contributed by atoms with Gasteiger partial charge in [-0.05, 0) is 49.7 Å². The Bertz CT molecular complexity index is 960. The van der Waals surface area contributed by atoms with Crippen LogP contribution in [0, 0.1) is 29.5 Å². The number of rotatable bonds is 7. The van der Waals surface area contributed by atoms with Crippen LogP contribution in [0.4, 0.5) is 17.6 Å². The summed E-state index contributed by atoms with van der Waals surface area (Å²) < 4.78 is 58.9. The molecule has 186 valence electrons. The molecule has 13 heteroatoms. The molecule has 34 heavy (non-hydrogen) atoms. The molecular formula is C21H22ClF4N3O5. The van der Waals surface area contributed by atoms with Crippen molar-refractivity contribution >= 4 is 29.3 Å². The predicted octanol–water partition coefficient (Wildman–Crippen LogP) is 2.46. The lowest BCUT2D eigenvalue weighted by molar-refractivity contribution is -0.353. The fourth-order valence-electron chi connectivity index (χ4n) is 4.71. The monoisotopic (exact) mass is 507 g/mol. The van der Waals surface area contributed by atoms with Crippen molar-refractivity contribution in [2.45, 2.75) is 44.2 Å². The van der Waals surface area contributed by atoms with Crippen molar-refractivity contribution in [1.29, 1.82) is 0 Å². The van der Waals surface area contributed by atoms with Crippen molar-refractivity contribution in [2.24, 2.45) is 23.7 Å². The van der Waals surface area contributed by atoms with E-state index in [2.05, 4.69) is 20.9 Å². The molecule has 3 aliphatic carbocycles. The summed E-state index contributed by atoms with van der Waals surface area (Å²) >= 11 is 5.59. The summed E-state index contributed by atoms with van der Waals surface area (Å²) in [4.78, 5) is 36.3. The van der Waals surface area contributed by atoms with E-state index in [9.17, 15) is 31.9 Å². The third kappa shape index (κ3) is 5.90. The van der Waals surface area contributed by atoms with Gasteiger partial charge in [-0.15, -0.1) is 13.2 Å². The van der Waals surface area contributed by atoms with Gasteiger partial charge in [-0.2, -0.15) is 0 Å². The first-order valence-electron chi connectivity index (χ1n) is 10.7. The number of carbonyl (C=O) groups excluding carboxylic acids is 3. The number of carbonyl (C=O) groups is 3. The number of fused-ring (bicyclic) bond motifs is 1. The number of halogens is 5. The molecule has 0 heterocycles. The van der Waals surface area contributed by atoms with Gasteiger partial charge in [-0.3, -0.25) is 30.0 Å². The molecule has 0 aliphatic heterocycles. The molecule has 0 spiro atoms. The molecule has 0 saturated heterocycles. The fraction of sp³-hybridized carbons (Fsp3) is 0.571. The minimum absolute atomic E-state index is 0.0488. The first-order chi connectivity index (χ1) is 16.0.